The highest BCUT2D eigenvalue weighted by Crippen LogP contribution is 2.40. The van der Waals surface area contributed by atoms with Gasteiger partial charge in [-0.15, -0.1) is 11.3 Å². The first-order valence-electron chi connectivity index (χ1n) is 8.63. The summed E-state index contributed by atoms with van der Waals surface area (Å²) in [6.45, 7) is 3.75. The quantitative estimate of drug-likeness (QED) is 0.554. The molecule has 0 amide bonds. The van der Waals surface area contributed by atoms with E-state index >= 15 is 0 Å². The second kappa shape index (κ2) is 6.24. The van der Waals surface area contributed by atoms with Crippen molar-refractivity contribution in [2.45, 2.75) is 13.5 Å². The summed E-state index contributed by atoms with van der Waals surface area (Å²) in [5, 5.41) is 10.5. The fourth-order valence-electron chi connectivity index (χ4n) is 3.40. The Bertz CT molecular complexity index is 1140. The van der Waals surface area contributed by atoms with Crippen LogP contribution in [0.25, 0.3) is 21.6 Å². The van der Waals surface area contributed by atoms with E-state index in [1.807, 2.05) is 0 Å². The number of hydrogen-bond donors (Lipinski definition) is 2. The van der Waals surface area contributed by atoms with Crippen LogP contribution in [-0.4, -0.2) is 38.2 Å². The number of phenols is 1. The lowest BCUT2D eigenvalue weighted by molar-refractivity contribution is 0.312. The number of H-pyrrole nitrogens is 1. The number of anilines is 1. The number of hydrogen-bond acceptors (Lipinski definition) is 7. The predicted molar refractivity (Wildman–Crippen MR) is 104 cm³/mol. The van der Waals surface area contributed by atoms with Gasteiger partial charge >= 0.3 is 0 Å². The minimum atomic E-state index is 0.171. The molecule has 5 rings (SSSR count). The van der Waals surface area contributed by atoms with Gasteiger partial charge in [-0.05, 0) is 36.8 Å². The Labute approximate surface area is 159 Å². The molecule has 0 spiro atoms. The van der Waals surface area contributed by atoms with Crippen LogP contribution in [0.3, 0.4) is 0 Å². The molecule has 0 atom stereocenters. The number of imidazole rings is 1. The summed E-state index contributed by atoms with van der Waals surface area (Å²) in [6, 6.07) is 8.03. The second-order valence-electron chi connectivity index (χ2n) is 6.46. The van der Waals surface area contributed by atoms with Crippen molar-refractivity contribution in [3.8, 4) is 21.9 Å². The van der Waals surface area contributed by atoms with Crippen molar-refractivity contribution in [3.05, 3.63) is 47.4 Å². The number of thiophene rings is 1. The highest BCUT2D eigenvalue weighted by atomic mass is 32.1. The van der Waals surface area contributed by atoms with E-state index in [1.165, 1.54) is 11.2 Å². The van der Waals surface area contributed by atoms with Crippen molar-refractivity contribution in [1.82, 2.24) is 19.9 Å². The zero-order chi connectivity index (χ0) is 18.4. The third kappa shape index (κ3) is 2.78. The van der Waals surface area contributed by atoms with E-state index < -0.39 is 0 Å². The van der Waals surface area contributed by atoms with Crippen LogP contribution in [0.4, 0.5) is 5.82 Å². The molecular formula is C19H17N5O2S. The number of aromatic amines is 1. The number of aromatic nitrogens is 4. The lowest BCUT2D eigenvalue weighted by Gasteiger charge is -2.21. The zero-order valence-electron chi connectivity index (χ0n) is 14.6. The molecule has 0 unspecified atom stereocenters. The highest BCUT2D eigenvalue weighted by molar-refractivity contribution is 7.15. The summed E-state index contributed by atoms with van der Waals surface area (Å²) < 4.78 is 5.86. The molecule has 0 saturated heterocycles. The summed E-state index contributed by atoms with van der Waals surface area (Å²) in [5.74, 6) is 1.50. The van der Waals surface area contributed by atoms with Crippen LogP contribution in [0.5, 0.6) is 11.5 Å². The average molecular weight is 379 g/mol. The molecule has 1 aliphatic rings. The average Bonchev–Trinajstić information content (AvgIpc) is 3.25. The number of aromatic hydroxyl groups is 1. The molecule has 0 fully saturated rings. The fourth-order valence-corrected chi connectivity index (χ4v) is 4.26. The SMILES string of the molecule is Cc1ccc(-c2cc(O)c3c(c2)CN(c2ncnc4nc[nH]c24)CCO3)s1. The van der Waals surface area contributed by atoms with Crippen molar-refractivity contribution in [1.29, 1.82) is 0 Å². The van der Waals surface area contributed by atoms with Gasteiger partial charge in [0, 0.05) is 21.9 Å². The molecule has 27 heavy (non-hydrogen) atoms. The number of aryl methyl sites for hydroxylation is 1. The number of benzene rings is 1. The van der Waals surface area contributed by atoms with Crippen LogP contribution in [0.1, 0.15) is 10.4 Å². The van der Waals surface area contributed by atoms with E-state index in [4.69, 9.17) is 4.74 Å². The van der Waals surface area contributed by atoms with Gasteiger partial charge in [-0.1, -0.05) is 0 Å². The number of rotatable bonds is 2. The Morgan fingerprint density at radius 2 is 2.15 bits per heavy atom. The van der Waals surface area contributed by atoms with E-state index in [9.17, 15) is 5.11 Å². The van der Waals surface area contributed by atoms with E-state index in [0.717, 1.165) is 27.3 Å². The molecular weight excluding hydrogens is 362 g/mol. The Morgan fingerprint density at radius 1 is 1.22 bits per heavy atom. The molecule has 1 aliphatic heterocycles. The first kappa shape index (κ1) is 16.1. The Kier molecular flexibility index (Phi) is 3.71. The van der Waals surface area contributed by atoms with Gasteiger partial charge in [-0.2, -0.15) is 0 Å². The van der Waals surface area contributed by atoms with E-state index in [-0.39, 0.29) is 5.75 Å². The van der Waals surface area contributed by atoms with Gasteiger partial charge in [0.15, 0.2) is 23.0 Å². The van der Waals surface area contributed by atoms with Crippen molar-refractivity contribution >= 4 is 28.3 Å². The molecule has 0 radical (unpaired) electrons. The van der Waals surface area contributed by atoms with Gasteiger partial charge in [0.1, 0.15) is 18.5 Å². The molecule has 0 saturated carbocycles. The monoisotopic (exact) mass is 379 g/mol. The first-order valence-corrected chi connectivity index (χ1v) is 9.45. The van der Waals surface area contributed by atoms with Crippen LogP contribution >= 0.6 is 11.3 Å². The zero-order valence-corrected chi connectivity index (χ0v) is 15.5. The van der Waals surface area contributed by atoms with Gasteiger partial charge in [-0.25, -0.2) is 15.0 Å². The van der Waals surface area contributed by atoms with Crippen molar-refractivity contribution in [2.75, 3.05) is 18.1 Å². The molecule has 4 heterocycles. The lowest BCUT2D eigenvalue weighted by Crippen LogP contribution is -2.26. The number of nitrogens with zero attached hydrogens (tertiary/aromatic N) is 4. The van der Waals surface area contributed by atoms with Gasteiger partial charge in [0.25, 0.3) is 0 Å². The van der Waals surface area contributed by atoms with Crippen LogP contribution in [0.2, 0.25) is 0 Å². The normalized spacial score (nSPS) is 14.0. The molecule has 3 aromatic heterocycles. The van der Waals surface area contributed by atoms with Crippen molar-refractivity contribution < 1.29 is 9.84 Å². The van der Waals surface area contributed by atoms with Crippen LogP contribution < -0.4 is 9.64 Å². The fraction of sp³-hybridized carbons (Fsp3) is 0.211. The summed E-state index contributed by atoms with van der Waals surface area (Å²) in [7, 11) is 0. The summed E-state index contributed by atoms with van der Waals surface area (Å²) in [6.07, 6.45) is 3.14. The van der Waals surface area contributed by atoms with Gasteiger partial charge in [0.05, 0.1) is 12.9 Å². The van der Waals surface area contributed by atoms with E-state index in [2.05, 4.69) is 50.0 Å². The van der Waals surface area contributed by atoms with Crippen LogP contribution in [0.15, 0.2) is 36.9 Å². The minimum Gasteiger partial charge on any atom is -0.504 e. The number of fused-ring (bicyclic) bond motifs is 2. The molecule has 8 heteroatoms. The highest BCUT2D eigenvalue weighted by Gasteiger charge is 2.23. The smallest absolute Gasteiger partial charge is 0.182 e. The Hall–Kier alpha value is -3.13. The maximum Gasteiger partial charge on any atom is 0.182 e. The van der Waals surface area contributed by atoms with E-state index in [0.29, 0.717) is 31.1 Å². The van der Waals surface area contributed by atoms with Gasteiger partial charge < -0.3 is 19.7 Å². The Morgan fingerprint density at radius 3 is 3.00 bits per heavy atom. The number of ether oxygens (including phenoxy) is 1. The van der Waals surface area contributed by atoms with Crippen LogP contribution in [0, 0.1) is 6.92 Å². The second-order valence-corrected chi connectivity index (χ2v) is 7.75. The summed E-state index contributed by atoms with van der Waals surface area (Å²) in [5.41, 5.74) is 3.36. The standard InChI is InChI=1S/C19H17N5O2S/c1-11-2-3-15(27-11)12-6-13-8-24(4-5-26-17(13)14(25)7-12)19-16-18(21-9-20-16)22-10-23-19/h2-3,6-7,9-10,25H,4-5,8H2,1H3,(H,20,21,22,23). The summed E-state index contributed by atoms with van der Waals surface area (Å²) in [4.78, 5) is 20.4. The van der Waals surface area contributed by atoms with Gasteiger partial charge in [0.2, 0.25) is 0 Å². The minimum absolute atomic E-state index is 0.171. The maximum absolute atomic E-state index is 10.5. The lowest BCUT2D eigenvalue weighted by atomic mass is 10.1. The molecule has 2 N–H and O–H groups in total. The molecule has 136 valence electrons. The van der Waals surface area contributed by atoms with Crippen molar-refractivity contribution in [2.24, 2.45) is 0 Å². The largest absolute Gasteiger partial charge is 0.504 e. The summed E-state index contributed by atoms with van der Waals surface area (Å²) >= 11 is 1.71. The third-order valence-electron chi connectivity index (χ3n) is 4.64. The molecule has 4 aromatic rings. The molecule has 1 aromatic carbocycles. The number of nitrogens with one attached hydrogen (secondary N) is 1. The topological polar surface area (TPSA) is 87.2 Å². The molecule has 0 bridgehead atoms. The Balaban J connectivity index is 1.58. The van der Waals surface area contributed by atoms with E-state index in [1.54, 1.807) is 23.7 Å². The molecule has 0 aliphatic carbocycles. The van der Waals surface area contributed by atoms with Crippen molar-refractivity contribution in [3.63, 3.8) is 0 Å². The predicted octanol–water partition coefficient (Wildman–Crippen LogP) is 3.49. The van der Waals surface area contributed by atoms with Crippen LogP contribution in [-0.2, 0) is 6.54 Å². The third-order valence-corrected chi connectivity index (χ3v) is 5.69. The number of phenolic OH excluding ortho intramolecular Hbond substituents is 1. The maximum atomic E-state index is 10.5. The first-order chi connectivity index (χ1) is 13.2. The van der Waals surface area contributed by atoms with Gasteiger partial charge in [-0.3, -0.25) is 0 Å². The molecule has 7 nitrogen and oxygen atoms in total.